The Labute approximate surface area is 328 Å². The molecule has 0 saturated carbocycles. The SMILES string of the molecule is [2H]c1cc(-c2ccccc2)cc([2H])c1C(c1c([2H])cc(-c2ccccc2)cc1[2H])c1ccc(-c2ccc(-c3ccccc3)cc2)c2sc3c(cc([2H])c4cccc([2H])c43)c12. The van der Waals surface area contributed by atoms with E-state index in [4.69, 9.17) is 1.37 Å². The van der Waals surface area contributed by atoms with Crippen molar-refractivity contribution < 1.29 is 8.22 Å². The third-order valence-electron chi connectivity index (χ3n) is 10.3. The van der Waals surface area contributed by atoms with Gasteiger partial charge in [0.25, 0.3) is 0 Å². The summed E-state index contributed by atoms with van der Waals surface area (Å²) in [5.74, 6) is -0.856. The van der Waals surface area contributed by atoms with E-state index in [1.54, 1.807) is 41.7 Å². The van der Waals surface area contributed by atoms with E-state index in [-0.39, 0.29) is 24.2 Å². The number of fused-ring (bicyclic) bond motifs is 5. The zero-order chi connectivity index (χ0) is 41.1. The molecule has 10 aromatic rings. The van der Waals surface area contributed by atoms with Crippen LogP contribution in [0.3, 0.4) is 0 Å². The molecule has 1 heterocycles. The van der Waals surface area contributed by atoms with Crippen LogP contribution in [0.15, 0.2) is 212 Å². The van der Waals surface area contributed by atoms with Gasteiger partial charge in [-0.3, -0.25) is 0 Å². The standard InChI is InChI=1S/C53H36S/c1-4-12-36(13-5-1)39-20-26-43(27-21-39)47-34-35-48(51-49-33-32-42-18-10-11-19-46(42)52(49)54-53(47)51)50(44-28-22-40(23-29-44)37-14-6-2-7-15-37)45-30-24-41(25-31-45)38-16-8-3-9-17-38/h1-35,50H/i19D,28D,29D,30D,31D,32D. The van der Waals surface area contributed by atoms with Crippen molar-refractivity contribution in [1.82, 2.24) is 0 Å². The van der Waals surface area contributed by atoms with Gasteiger partial charge in [-0.1, -0.05) is 212 Å². The molecule has 0 bridgehead atoms. The predicted molar refractivity (Wildman–Crippen MR) is 232 cm³/mol. The Morgan fingerprint density at radius 2 is 0.833 bits per heavy atom. The molecule has 0 atom stereocenters. The largest absolute Gasteiger partial charge is 0.134 e. The normalized spacial score (nSPS) is 13.1. The maximum Gasteiger partial charge on any atom is 0.0630 e. The highest BCUT2D eigenvalue weighted by Gasteiger charge is 2.24. The van der Waals surface area contributed by atoms with Crippen molar-refractivity contribution in [2.45, 2.75) is 5.92 Å². The molecule has 54 heavy (non-hydrogen) atoms. The Bertz CT molecular complexity index is 3110. The summed E-state index contributed by atoms with van der Waals surface area (Å²) in [6, 6.07) is 58.1. The van der Waals surface area contributed by atoms with Crippen LogP contribution >= 0.6 is 11.3 Å². The number of hydrogen-bond donors (Lipinski definition) is 0. The van der Waals surface area contributed by atoms with Crippen molar-refractivity contribution in [3.8, 4) is 44.5 Å². The lowest BCUT2D eigenvalue weighted by Crippen LogP contribution is -2.04. The van der Waals surface area contributed by atoms with E-state index in [1.165, 1.54) is 0 Å². The minimum Gasteiger partial charge on any atom is -0.134 e. The van der Waals surface area contributed by atoms with Crippen LogP contribution < -0.4 is 0 Å². The van der Waals surface area contributed by atoms with Gasteiger partial charge in [0.1, 0.15) is 0 Å². The van der Waals surface area contributed by atoms with Crippen molar-refractivity contribution in [1.29, 1.82) is 0 Å². The number of benzene rings is 9. The van der Waals surface area contributed by atoms with Crippen LogP contribution in [0.5, 0.6) is 0 Å². The van der Waals surface area contributed by atoms with Crippen LogP contribution in [0.4, 0.5) is 0 Å². The minimum absolute atomic E-state index is 0.144. The Balaban J connectivity index is 1.29. The highest BCUT2D eigenvalue weighted by Crippen LogP contribution is 2.48. The van der Waals surface area contributed by atoms with Gasteiger partial charge < -0.3 is 0 Å². The first-order chi connectivity index (χ1) is 29.2. The predicted octanol–water partition coefficient (Wildman–Crippen LogP) is 15.1. The zero-order valence-electron chi connectivity index (χ0n) is 35.2. The summed E-state index contributed by atoms with van der Waals surface area (Å²) in [7, 11) is 0. The lowest BCUT2D eigenvalue weighted by Gasteiger charge is -2.22. The average molecular weight is 711 g/mol. The number of thiophene rings is 1. The second kappa shape index (κ2) is 13.8. The lowest BCUT2D eigenvalue weighted by atomic mass is 9.81. The van der Waals surface area contributed by atoms with E-state index < -0.39 is 5.92 Å². The molecule has 0 radical (unpaired) electrons. The molecule has 10 rings (SSSR count). The second-order valence-electron chi connectivity index (χ2n) is 13.5. The van der Waals surface area contributed by atoms with E-state index >= 15 is 0 Å². The molecular formula is C53H36S. The third-order valence-corrected chi connectivity index (χ3v) is 11.6. The van der Waals surface area contributed by atoms with Crippen LogP contribution in [-0.4, -0.2) is 0 Å². The molecule has 1 aromatic heterocycles. The van der Waals surface area contributed by atoms with Crippen LogP contribution in [0.2, 0.25) is 0 Å². The van der Waals surface area contributed by atoms with Crippen molar-refractivity contribution in [3.05, 3.63) is 229 Å². The summed E-state index contributed by atoms with van der Waals surface area (Å²) in [5.41, 5.74) is 9.03. The molecule has 0 aliphatic heterocycles. The fraction of sp³-hybridized carbons (Fsp3) is 0.0189. The number of hydrogen-bond acceptors (Lipinski definition) is 1. The monoisotopic (exact) mass is 710 g/mol. The summed E-state index contributed by atoms with van der Waals surface area (Å²) in [6.45, 7) is 0. The molecule has 0 fully saturated rings. The fourth-order valence-corrected chi connectivity index (χ4v) is 8.95. The van der Waals surface area contributed by atoms with E-state index in [9.17, 15) is 6.85 Å². The van der Waals surface area contributed by atoms with Crippen LogP contribution in [0.25, 0.3) is 75.5 Å². The molecule has 1 heteroatoms. The maximum absolute atomic E-state index is 9.63. The minimum atomic E-state index is -0.856. The van der Waals surface area contributed by atoms with Crippen molar-refractivity contribution in [2.24, 2.45) is 0 Å². The van der Waals surface area contributed by atoms with Gasteiger partial charge in [0.05, 0.1) is 8.22 Å². The zero-order valence-corrected chi connectivity index (χ0v) is 30.0. The summed E-state index contributed by atoms with van der Waals surface area (Å²) >= 11 is 1.58. The first-order valence-corrected chi connectivity index (χ1v) is 18.9. The molecule has 0 spiro atoms. The highest BCUT2D eigenvalue weighted by molar-refractivity contribution is 7.27. The van der Waals surface area contributed by atoms with Gasteiger partial charge in [0.15, 0.2) is 0 Å². The molecule has 0 nitrogen and oxygen atoms in total. The third kappa shape index (κ3) is 5.80. The van der Waals surface area contributed by atoms with Gasteiger partial charge in [-0.25, -0.2) is 0 Å². The Kier molecular flexibility index (Phi) is 6.70. The lowest BCUT2D eigenvalue weighted by molar-refractivity contribution is 0.991. The van der Waals surface area contributed by atoms with Crippen molar-refractivity contribution >= 4 is 42.3 Å². The molecule has 0 N–H and O–H groups in total. The fourth-order valence-electron chi connectivity index (χ4n) is 7.58. The first-order valence-electron chi connectivity index (χ1n) is 21.1. The summed E-state index contributed by atoms with van der Waals surface area (Å²) in [5, 5.41) is 3.04. The quantitative estimate of drug-likeness (QED) is 0.144. The highest BCUT2D eigenvalue weighted by atomic mass is 32.1. The van der Waals surface area contributed by atoms with Crippen molar-refractivity contribution in [2.75, 3.05) is 0 Å². The molecule has 0 saturated heterocycles. The molecule has 9 aromatic carbocycles. The average Bonchev–Trinajstić information content (AvgIpc) is 3.65. The van der Waals surface area contributed by atoms with Crippen LogP contribution in [-0.2, 0) is 0 Å². The van der Waals surface area contributed by atoms with Gasteiger partial charge in [-0.15, -0.1) is 11.3 Å². The topological polar surface area (TPSA) is 0 Å². The summed E-state index contributed by atoms with van der Waals surface area (Å²) in [6.07, 6.45) is 0. The molecule has 0 unspecified atom stereocenters. The second-order valence-corrected chi connectivity index (χ2v) is 14.5. The van der Waals surface area contributed by atoms with Crippen LogP contribution in [0, 0.1) is 0 Å². The first kappa shape index (κ1) is 26.3. The summed E-state index contributed by atoms with van der Waals surface area (Å²) in [4.78, 5) is 0. The van der Waals surface area contributed by atoms with E-state index in [2.05, 4.69) is 42.5 Å². The van der Waals surface area contributed by atoms with Gasteiger partial charge >= 0.3 is 0 Å². The van der Waals surface area contributed by atoms with Crippen LogP contribution in [0.1, 0.15) is 30.8 Å². The van der Waals surface area contributed by atoms with Gasteiger partial charge in [0, 0.05) is 26.1 Å². The molecule has 0 amide bonds. The Morgan fingerprint density at radius 3 is 1.39 bits per heavy atom. The maximum atomic E-state index is 9.63. The van der Waals surface area contributed by atoms with Gasteiger partial charge in [-0.05, 0) is 72.0 Å². The Morgan fingerprint density at radius 1 is 0.352 bits per heavy atom. The van der Waals surface area contributed by atoms with E-state index in [0.29, 0.717) is 34.0 Å². The van der Waals surface area contributed by atoms with Gasteiger partial charge in [0.2, 0.25) is 0 Å². The number of rotatable bonds is 7. The van der Waals surface area contributed by atoms with E-state index in [1.807, 2.05) is 103 Å². The molecule has 0 aliphatic rings. The smallest absolute Gasteiger partial charge is 0.0630 e. The van der Waals surface area contributed by atoms with Gasteiger partial charge in [-0.2, -0.15) is 0 Å². The molecule has 0 aliphatic carbocycles. The molecular weight excluding hydrogens is 669 g/mol. The van der Waals surface area contributed by atoms with Crippen molar-refractivity contribution in [3.63, 3.8) is 0 Å². The van der Waals surface area contributed by atoms with E-state index in [0.717, 1.165) is 70.2 Å². The Hall–Kier alpha value is -6.54. The summed E-state index contributed by atoms with van der Waals surface area (Å²) < 4.78 is 58.6. The molecule has 254 valence electrons.